The average molecular weight is 284 g/mol. The van der Waals surface area contributed by atoms with Crippen LogP contribution in [0.5, 0.6) is 0 Å². The van der Waals surface area contributed by atoms with Gasteiger partial charge in [-0.05, 0) is 24.3 Å². The molecule has 0 aliphatic rings. The third kappa shape index (κ3) is 3.27. The van der Waals surface area contributed by atoms with Crippen LogP contribution in [0.3, 0.4) is 0 Å². The SMILES string of the molecule is CN(C)c1ccnc(-c2ccc(N(C)C)c(N(C)C)c2)c1. The summed E-state index contributed by atoms with van der Waals surface area (Å²) in [6, 6.07) is 10.6. The van der Waals surface area contributed by atoms with E-state index in [0.717, 1.165) is 16.9 Å². The molecule has 2 rings (SSSR count). The second-order valence-electron chi connectivity index (χ2n) is 5.79. The third-order valence-corrected chi connectivity index (χ3v) is 3.49. The molecule has 1 heterocycles. The first kappa shape index (κ1) is 15.2. The van der Waals surface area contributed by atoms with E-state index in [1.54, 1.807) is 0 Å². The lowest BCUT2D eigenvalue weighted by Gasteiger charge is -2.23. The van der Waals surface area contributed by atoms with Gasteiger partial charge in [-0.15, -0.1) is 0 Å². The molecule has 0 unspecified atom stereocenters. The maximum Gasteiger partial charge on any atom is 0.0723 e. The summed E-state index contributed by atoms with van der Waals surface area (Å²) in [6.45, 7) is 0. The molecule has 112 valence electrons. The lowest BCUT2D eigenvalue weighted by Crippen LogP contribution is -2.16. The van der Waals surface area contributed by atoms with Gasteiger partial charge >= 0.3 is 0 Å². The van der Waals surface area contributed by atoms with Crippen LogP contribution < -0.4 is 14.7 Å². The van der Waals surface area contributed by atoms with Crippen molar-refractivity contribution < 1.29 is 0 Å². The highest BCUT2D eigenvalue weighted by Gasteiger charge is 2.10. The topological polar surface area (TPSA) is 22.6 Å². The van der Waals surface area contributed by atoms with Crippen molar-refractivity contribution in [1.29, 1.82) is 0 Å². The van der Waals surface area contributed by atoms with Crippen LogP contribution >= 0.6 is 0 Å². The van der Waals surface area contributed by atoms with Gasteiger partial charge in [0.1, 0.15) is 0 Å². The number of nitrogens with zero attached hydrogens (tertiary/aromatic N) is 4. The van der Waals surface area contributed by atoms with Gasteiger partial charge in [-0.25, -0.2) is 0 Å². The Labute approximate surface area is 127 Å². The Morgan fingerprint density at radius 3 is 1.95 bits per heavy atom. The van der Waals surface area contributed by atoms with E-state index in [0.29, 0.717) is 0 Å². The van der Waals surface area contributed by atoms with Gasteiger partial charge in [-0.3, -0.25) is 4.98 Å². The van der Waals surface area contributed by atoms with Crippen LogP contribution in [0.1, 0.15) is 0 Å². The van der Waals surface area contributed by atoms with Crippen LogP contribution in [0.2, 0.25) is 0 Å². The van der Waals surface area contributed by atoms with Gasteiger partial charge in [0.2, 0.25) is 0 Å². The molecule has 4 nitrogen and oxygen atoms in total. The largest absolute Gasteiger partial charge is 0.378 e. The van der Waals surface area contributed by atoms with Crippen molar-refractivity contribution in [2.45, 2.75) is 0 Å². The van der Waals surface area contributed by atoms with E-state index in [4.69, 9.17) is 0 Å². The molecule has 1 aromatic heterocycles. The monoisotopic (exact) mass is 284 g/mol. The molecule has 0 saturated carbocycles. The first-order valence-corrected chi connectivity index (χ1v) is 7.02. The van der Waals surface area contributed by atoms with Crippen LogP contribution in [0.4, 0.5) is 17.1 Å². The highest BCUT2D eigenvalue weighted by atomic mass is 15.1. The van der Waals surface area contributed by atoms with Crippen molar-refractivity contribution in [3.05, 3.63) is 36.5 Å². The van der Waals surface area contributed by atoms with E-state index >= 15 is 0 Å². The Morgan fingerprint density at radius 1 is 0.714 bits per heavy atom. The van der Waals surface area contributed by atoms with Crippen molar-refractivity contribution in [3.63, 3.8) is 0 Å². The second kappa shape index (κ2) is 6.04. The molecule has 0 saturated heterocycles. The number of aromatic nitrogens is 1. The van der Waals surface area contributed by atoms with Crippen LogP contribution in [0, 0.1) is 0 Å². The lowest BCUT2D eigenvalue weighted by molar-refractivity contribution is 1.07. The molecule has 1 aromatic carbocycles. The van der Waals surface area contributed by atoms with Gasteiger partial charge in [-0.1, -0.05) is 6.07 Å². The number of pyridine rings is 1. The van der Waals surface area contributed by atoms with E-state index in [1.807, 2.05) is 26.4 Å². The molecule has 0 atom stereocenters. The Kier molecular flexibility index (Phi) is 4.36. The minimum atomic E-state index is 0.995. The zero-order valence-corrected chi connectivity index (χ0v) is 13.8. The molecular weight excluding hydrogens is 260 g/mol. The Balaban J connectivity index is 2.50. The van der Waals surface area contributed by atoms with Crippen LogP contribution in [0.15, 0.2) is 36.5 Å². The molecule has 0 bridgehead atoms. The molecule has 0 fully saturated rings. The molecule has 0 spiro atoms. The molecule has 0 aliphatic carbocycles. The van der Waals surface area contributed by atoms with Crippen molar-refractivity contribution in [3.8, 4) is 11.3 Å². The number of hydrogen-bond donors (Lipinski definition) is 0. The Morgan fingerprint density at radius 2 is 1.38 bits per heavy atom. The summed E-state index contributed by atoms with van der Waals surface area (Å²) in [5.41, 5.74) is 5.67. The number of anilines is 3. The summed E-state index contributed by atoms with van der Waals surface area (Å²) >= 11 is 0. The normalized spacial score (nSPS) is 10.4. The predicted octanol–water partition coefficient (Wildman–Crippen LogP) is 2.95. The van der Waals surface area contributed by atoms with Crippen LogP contribution in [0.25, 0.3) is 11.3 Å². The summed E-state index contributed by atoms with van der Waals surface area (Å²) in [5.74, 6) is 0. The predicted molar refractivity (Wildman–Crippen MR) is 92.7 cm³/mol. The van der Waals surface area contributed by atoms with Crippen molar-refractivity contribution in [2.75, 3.05) is 57.0 Å². The van der Waals surface area contributed by atoms with Crippen molar-refractivity contribution in [2.24, 2.45) is 0 Å². The fourth-order valence-electron chi connectivity index (χ4n) is 2.27. The second-order valence-corrected chi connectivity index (χ2v) is 5.79. The van der Waals surface area contributed by atoms with Gasteiger partial charge in [-0.2, -0.15) is 0 Å². The Bertz CT molecular complexity index is 618. The van der Waals surface area contributed by atoms with E-state index in [2.05, 4.69) is 72.1 Å². The molecule has 2 aromatic rings. The van der Waals surface area contributed by atoms with Gasteiger partial charge in [0.05, 0.1) is 17.1 Å². The third-order valence-electron chi connectivity index (χ3n) is 3.49. The zero-order valence-electron chi connectivity index (χ0n) is 13.8. The van der Waals surface area contributed by atoms with Crippen LogP contribution in [-0.4, -0.2) is 47.3 Å². The zero-order chi connectivity index (χ0) is 15.6. The molecule has 0 aliphatic heterocycles. The number of benzene rings is 1. The van der Waals surface area contributed by atoms with E-state index in [9.17, 15) is 0 Å². The van der Waals surface area contributed by atoms with Gasteiger partial charge in [0, 0.05) is 59.7 Å². The quantitative estimate of drug-likeness (QED) is 0.861. The molecule has 21 heavy (non-hydrogen) atoms. The standard InChI is InChI=1S/C17H24N4/c1-19(2)14-9-10-18-15(12-14)13-7-8-16(20(3)4)17(11-13)21(5)6/h7-12H,1-6H3. The summed E-state index contributed by atoms with van der Waals surface area (Å²) in [4.78, 5) is 10.9. The Hall–Kier alpha value is -2.23. The smallest absolute Gasteiger partial charge is 0.0723 e. The highest BCUT2D eigenvalue weighted by Crippen LogP contribution is 2.32. The maximum atomic E-state index is 4.51. The summed E-state index contributed by atoms with van der Waals surface area (Å²) in [5, 5.41) is 0. The molecule has 0 N–H and O–H groups in total. The van der Waals surface area contributed by atoms with Crippen molar-refractivity contribution >= 4 is 17.1 Å². The molecular formula is C17H24N4. The number of hydrogen-bond acceptors (Lipinski definition) is 4. The molecule has 0 radical (unpaired) electrons. The summed E-state index contributed by atoms with van der Waals surface area (Å²) < 4.78 is 0. The lowest BCUT2D eigenvalue weighted by atomic mass is 10.1. The number of rotatable bonds is 4. The molecule has 4 heteroatoms. The van der Waals surface area contributed by atoms with Gasteiger partial charge < -0.3 is 14.7 Å². The van der Waals surface area contributed by atoms with Gasteiger partial charge in [0.25, 0.3) is 0 Å². The van der Waals surface area contributed by atoms with E-state index < -0.39 is 0 Å². The summed E-state index contributed by atoms with van der Waals surface area (Å²) in [7, 11) is 12.3. The fourth-order valence-corrected chi connectivity index (χ4v) is 2.27. The molecule has 0 amide bonds. The average Bonchev–Trinajstić information content (AvgIpc) is 2.46. The minimum Gasteiger partial charge on any atom is -0.378 e. The minimum absolute atomic E-state index is 0.995. The van der Waals surface area contributed by atoms with Crippen molar-refractivity contribution in [1.82, 2.24) is 4.98 Å². The highest BCUT2D eigenvalue weighted by molar-refractivity contribution is 5.78. The fraction of sp³-hybridized carbons (Fsp3) is 0.353. The summed E-state index contributed by atoms with van der Waals surface area (Å²) in [6.07, 6.45) is 1.86. The van der Waals surface area contributed by atoms with E-state index in [-0.39, 0.29) is 0 Å². The van der Waals surface area contributed by atoms with Gasteiger partial charge in [0.15, 0.2) is 0 Å². The first-order valence-electron chi connectivity index (χ1n) is 7.02. The first-order chi connectivity index (χ1) is 9.90. The van der Waals surface area contributed by atoms with Crippen LogP contribution in [-0.2, 0) is 0 Å². The van der Waals surface area contributed by atoms with E-state index in [1.165, 1.54) is 11.4 Å². The maximum absolute atomic E-state index is 4.51.